The highest BCUT2D eigenvalue weighted by Crippen LogP contribution is 2.22. The molecule has 1 aliphatic carbocycles. The van der Waals surface area contributed by atoms with Crippen molar-refractivity contribution in [1.82, 2.24) is 10.2 Å². The van der Waals surface area contributed by atoms with Gasteiger partial charge in [0.05, 0.1) is 6.04 Å². The number of nitrogens with zero attached hydrogens (tertiary/aromatic N) is 1. The van der Waals surface area contributed by atoms with Gasteiger partial charge in [0.2, 0.25) is 5.91 Å². The Morgan fingerprint density at radius 2 is 1.87 bits per heavy atom. The van der Waals surface area contributed by atoms with Crippen LogP contribution in [0.2, 0.25) is 0 Å². The van der Waals surface area contributed by atoms with Crippen molar-refractivity contribution in [2.75, 3.05) is 13.6 Å². The molecular weight excluding hydrogens is 188 g/mol. The Morgan fingerprint density at radius 1 is 1.13 bits per heavy atom. The number of likely N-dealkylation sites (N-methyl/N-ethyl adjacent to an activating group) is 1. The Kier molecular flexibility index (Phi) is 3.62. The van der Waals surface area contributed by atoms with Crippen LogP contribution < -0.4 is 5.32 Å². The molecule has 0 aromatic heterocycles. The summed E-state index contributed by atoms with van der Waals surface area (Å²) in [7, 11) is 1.98. The van der Waals surface area contributed by atoms with E-state index in [1.54, 1.807) is 0 Å². The van der Waals surface area contributed by atoms with Crippen LogP contribution in [0.1, 0.15) is 44.9 Å². The molecule has 1 heterocycles. The molecule has 3 nitrogen and oxygen atoms in total. The summed E-state index contributed by atoms with van der Waals surface area (Å²) in [6.45, 7) is 1.01. The monoisotopic (exact) mass is 210 g/mol. The van der Waals surface area contributed by atoms with Crippen molar-refractivity contribution in [3.05, 3.63) is 0 Å². The van der Waals surface area contributed by atoms with E-state index in [-0.39, 0.29) is 6.04 Å². The number of nitrogens with one attached hydrogen (secondary N) is 1. The van der Waals surface area contributed by atoms with Crippen LogP contribution in [0.3, 0.4) is 0 Å². The standard InChI is InChI=1S/C12H22N2O/c1-14(10-6-3-2-4-7-10)12(15)11-8-5-9-13-11/h10-11,13H,2-9H2,1H3. The maximum absolute atomic E-state index is 12.1. The van der Waals surface area contributed by atoms with Crippen molar-refractivity contribution >= 4 is 5.91 Å². The van der Waals surface area contributed by atoms with Gasteiger partial charge in [0, 0.05) is 13.1 Å². The second-order valence-corrected chi connectivity index (χ2v) is 4.89. The SMILES string of the molecule is CN(C(=O)C1CCCN1)C1CCCCC1. The maximum atomic E-state index is 12.1. The van der Waals surface area contributed by atoms with Gasteiger partial charge in [-0.15, -0.1) is 0 Å². The van der Waals surface area contributed by atoms with Crippen LogP contribution in [0.15, 0.2) is 0 Å². The normalized spacial score (nSPS) is 27.9. The maximum Gasteiger partial charge on any atom is 0.239 e. The van der Waals surface area contributed by atoms with Crippen LogP contribution in [0.4, 0.5) is 0 Å². The van der Waals surface area contributed by atoms with Gasteiger partial charge in [0.25, 0.3) is 0 Å². The average Bonchev–Trinajstić information content (AvgIpc) is 2.82. The van der Waals surface area contributed by atoms with Gasteiger partial charge in [-0.2, -0.15) is 0 Å². The molecule has 0 aromatic rings. The number of carbonyl (C=O) groups excluding carboxylic acids is 1. The van der Waals surface area contributed by atoms with Crippen molar-refractivity contribution in [3.8, 4) is 0 Å². The first-order valence-corrected chi connectivity index (χ1v) is 6.29. The Balaban J connectivity index is 1.87. The Hall–Kier alpha value is -0.570. The van der Waals surface area contributed by atoms with Crippen LogP contribution in [0, 0.1) is 0 Å². The third-order valence-electron chi connectivity index (χ3n) is 3.83. The largest absolute Gasteiger partial charge is 0.341 e. The van der Waals surface area contributed by atoms with Crippen molar-refractivity contribution < 1.29 is 4.79 Å². The molecule has 2 aliphatic rings. The topological polar surface area (TPSA) is 32.3 Å². The predicted molar refractivity (Wildman–Crippen MR) is 60.7 cm³/mol. The Morgan fingerprint density at radius 3 is 2.47 bits per heavy atom. The van der Waals surface area contributed by atoms with Crippen molar-refractivity contribution in [2.24, 2.45) is 0 Å². The van der Waals surface area contributed by atoms with Crippen LogP contribution in [0.25, 0.3) is 0 Å². The van der Waals surface area contributed by atoms with Gasteiger partial charge in [-0.3, -0.25) is 4.79 Å². The van der Waals surface area contributed by atoms with Crippen LogP contribution in [0.5, 0.6) is 0 Å². The summed E-state index contributed by atoms with van der Waals surface area (Å²) >= 11 is 0. The van der Waals surface area contributed by atoms with Gasteiger partial charge in [-0.25, -0.2) is 0 Å². The summed E-state index contributed by atoms with van der Waals surface area (Å²) in [4.78, 5) is 14.1. The van der Waals surface area contributed by atoms with E-state index in [9.17, 15) is 4.79 Å². The first-order chi connectivity index (χ1) is 7.29. The summed E-state index contributed by atoms with van der Waals surface area (Å²) in [5.41, 5.74) is 0. The fraction of sp³-hybridized carbons (Fsp3) is 0.917. The van der Waals surface area contributed by atoms with E-state index in [1.807, 2.05) is 11.9 Å². The zero-order valence-electron chi connectivity index (χ0n) is 9.67. The average molecular weight is 210 g/mol. The summed E-state index contributed by atoms with van der Waals surface area (Å²) < 4.78 is 0. The molecule has 0 aromatic carbocycles. The molecule has 1 N–H and O–H groups in total. The molecular formula is C12H22N2O. The first-order valence-electron chi connectivity index (χ1n) is 6.29. The van der Waals surface area contributed by atoms with E-state index in [2.05, 4.69) is 5.32 Å². The summed E-state index contributed by atoms with van der Waals surface area (Å²) in [6, 6.07) is 0.616. The lowest BCUT2D eigenvalue weighted by Crippen LogP contribution is -2.46. The van der Waals surface area contributed by atoms with Gasteiger partial charge in [-0.1, -0.05) is 19.3 Å². The summed E-state index contributed by atoms with van der Waals surface area (Å²) in [5.74, 6) is 0.319. The predicted octanol–water partition coefficient (Wildman–Crippen LogP) is 1.53. The Labute approximate surface area is 92.2 Å². The van der Waals surface area contributed by atoms with Crippen molar-refractivity contribution in [2.45, 2.75) is 57.0 Å². The highest BCUT2D eigenvalue weighted by atomic mass is 16.2. The fourth-order valence-electron chi connectivity index (χ4n) is 2.79. The molecule has 15 heavy (non-hydrogen) atoms. The minimum atomic E-state index is 0.108. The third kappa shape index (κ3) is 2.51. The van der Waals surface area contributed by atoms with Gasteiger partial charge in [-0.05, 0) is 32.2 Å². The zero-order chi connectivity index (χ0) is 10.7. The zero-order valence-corrected chi connectivity index (χ0v) is 9.67. The van der Waals surface area contributed by atoms with E-state index in [4.69, 9.17) is 0 Å². The summed E-state index contributed by atoms with van der Waals surface area (Å²) in [5, 5.41) is 3.29. The molecule has 1 atom stereocenters. The number of hydrogen-bond donors (Lipinski definition) is 1. The fourth-order valence-corrected chi connectivity index (χ4v) is 2.79. The molecule has 0 spiro atoms. The van der Waals surface area contributed by atoms with Gasteiger partial charge >= 0.3 is 0 Å². The molecule has 2 rings (SSSR count). The molecule has 1 aliphatic heterocycles. The molecule has 3 heteroatoms. The number of hydrogen-bond acceptors (Lipinski definition) is 2. The molecule has 86 valence electrons. The highest BCUT2D eigenvalue weighted by Gasteiger charge is 2.29. The molecule has 0 radical (unpaired) electrons. The molecule has 0 bridgehead atoms. The minimum Gasteiger partial charge on any atom is -0.341 e. The number of rotatable bonds is 2. The second kappa shape index (κ2) is 4.97. The van der Waals surface area contributed by atoms with E-state index >= 15 is 0 Å². The second-order valence-electron chi connectivity index (χ2n) is 4.89. The molecule has 1 saturated heterocycles. The van der Waals surface area contributed by atoms with Crippen LogP contribution in [-0.2, 0) is 4.79 Å². The lowest BCUT2D eigenvalue weighted by Gasteiger charge is -2.32. The quantitative estimate of drug-likeness (QED) is 0.749. The van der Waals surface area contributed by atoms with E-state index in [0.717, 1.165) is 19.4 Å². The minimum absolute atomic E-state index is 0.108. The van der Waals surface area contributed by atoms with Crippen LogP contribution >= 0.6 is 0 Å². The Bertz CT molecular complexity index is 218. The van der Waals surface area contributed by atoms with Gasteiger partial charge in [0.1, 0.15) is 0 Å². The molecule has 2 fully saturated rings. The van der Waals surface area contributed by atoms with E-state index in [1.165, 1.54) is 32.1 Å². The lowest BCUT2D eigenvalue weighted by molar-refractivity contribution is -0.134. The molecule has 1 saturated carbocycles. The highest BCUT2D eigenvalue weighted by molar-refractivity contribution is 5.82. The lowest BCUT2D eigenvalue weighted by atomic mass is 9.94. The first kappa shape index (κ1) is 10.9. The van der Waals surface area contributed by atoms with E-state index in [0.29, 0.717) is 11.9 Å². The van der Waals surface area contributed by atoms with Gasteiger partial charge < -0.3 is 10.2 Å². The van der Waals surface area contributed by atoms with Crippen LogP contribution in [-0.4, -0.2) is 36.5 Å². The third-order valence-corrected chi connectivity index (χ3v) is 3.83. The van der Waals surface area contributed by atoms with Crippen molar-refractivity contribution in [1.29, 1.82) is 0 Å². The smallest absolute Gasteiger partial charge is 0.239 e. The van der Waals surface area contributed by atoms with Gasteiger partial charge in [0.15, 0.2) is 0 Å². The van der Waals surface area contributed by atoms with E-state index < -0.39 is 0 Å². The van der Waals surface area contributed by atoms with Crippen molar-refractivity contribution in [3.63, 3.8) is 0 Å². The number of carbonyl (C=O) groups is 1. The molecule has 1 amide bonds. The molecule has 1 unspecified atom stereocenters. The summed E-state index contributed by atoms with van der Waals surface area (Å²) in [6.07, 6.45) is 8.51. The number of amides is 1.